The number of benzene rings is 1. The second-order valence-electron chi connectivity index (χ2n) is 3.71. The van der Waals surface area contributed by atoms with Crippen LogP contribution in [-0.4, -0.2) is 10.8 Å². The maximum atomic E-state index is 7.25. The maximum absolute atomic E-state index is 7.25. The Morgan fingerprint density at radius 3 is 2.50 bits per heavy atom. The van der Waals surface area contributed by atoms with Gasteiger partial charge in [-0.2, -0.15) is 0 Å². The molecule has 0 saturated carbocycles. The van der Waals surface area contributed by atoms with Gasteiger partial charge in [-0.15, -0.1) is 0 Å². The van der Waals surface area contributed by atoms with Crippen molar-refractivity contribution < 1.29 is 4.74 Å². The quantitative estimate of drug-likeness (QED) is 0.674. The number of nitrogen functional groups attached to an aromatic ring is 1. The molecule has 1 heterocycles. The van der Waals surface area contributed by atoms with Crippen LogP contribution in [0.2, 0.25) is 0 Å². The number of halogens is 1. The number of nitrogens with one attached hydrogen (secondary N) is 1. The summed E-state index contributed by atoms with van der Waals surface area (Å²) in [6.45, 7) is 0.458. The van der Waals surface area contributed by atoms with E-state index < -0.39 is 0 Å². The summed E-state index contributed by atoms with van der Waals surface area (Å²) >= 11 is 3.38. The fourth-order valence-corrected chi connectivity index (χ4v) is 1.63. The Morgan fingerprint density at radius 2 is 1.94 bits per heavy atom. The number of hydrogen-bond donors (Lipinski definition) is 2. The molecule has 2 aromatic rings. The van der Waals surface area contributed by atoms with Crippen LogP contribution >= 0.6 is 15.9 Å². The summed E-state index contributed by atoms with van der Waals surface area (Å²) < 4.78 is 6.57. The van der Waals surface area contributed by atoms with Crippen molar-refractivity contribution >= 4 is 21.8 Å². The minimum Gasteiger partial charge on any atom is -0.473 e. The molecule has 0 atom stereocenters. The Bertz CT molecular complexity index is 537. The normalized spacial score (nSPS) is 10.1. The molecule has 2 rings (SSSR count). The molecule has 0 aliphatic heterocycles. The number of aromatic nitrogens is 1. The summed E-state index contributed by atoms with van der Waals surface area (Å²) in [5.41, 5.74) is 7.00. The largest absolute Gasteiger partial charge is 0.473 e. The summed E-state index contributed by atoms with van der Waals surface area (Å²) in [5.74, 6) is 0.518. The Balaban J connectivity index is 1.97. The van der Waals surface area contributed by atoms with Gasteiger partial charge in [-0.05, 0) is 23.8 Å². The number of pyridine rings is 1. The van der Waals surface area contributed by atoms with E-state index in [2.05, 4.69) is 20.9 Å². The molecule has 5 heteroatoms. The van der Waals surface area contributed by atoms with Gasteiger partial charge in [-0.1, -0.05) is 28.1 Å². The van der Waals surface area contributed by atoms with E-state index in [0.717, 1.165) is 10.0 Å². The molecule has 3 N–H and O–H groups in total. The highest BCUT2D eigenvalue weighted by Crippen LogP contribution is 2.13. The van der Waals surface area contributed by atoms with E-state index in [-0.39, 0.29) is 5.84 Å². The minimum absolute atomic E-state index is 0.00181. The number of nitrogens with zero attached hydrogens (tertiary/aromatic N) is 1. The molecule has 18 heavy (non-hydrogen) atoms. The zero-order valence-electron chi connectivity index (χ0n) is 9.56. The number of rotatable bonds is 4. The summed E-state index contributed by atoms with van der Waals surface area (Å²) in [6.07, 6.45) is 1.53. The minimum atomic E-state index is 0.00181. The lowest BCUT2D eigenvalue weighted by atomic mass is 10.2. The molecule has 1 aromatic heterocycles. The average Bonchev–Trinajstić information content (AvgIpc) is 2.38. The van der Waals surface area contributed by atoms with Crippen molar-refractivity contribution in [1.29, 1.82) is 5.41 Å². The number of ether oxygens (including phenoxy) is 1. The first-order valence-electron chi connectivity index (χ1n) is 5.33. The van der Waals surface area contributed by atoms with Crippen molar-refractivity contribution in [2.75, 3.05) is 0 Å². The molecule has 0 amide bonds. The van der Waals surface area contributed by atoms with Gasteiger partial charge in [0, 0.05) is 22.3 Å². The Labute approximate surface area is 113 Å². The van der Waals surface area contributed by atoms with Crippen LogP contribution in [0.3, 0.4) is 0 Å². The maximum Gasteiger partial charge on any atom is 0.213 e. The highest BCUT2D eigenvalue weighted by Gasteiger charge is 2.00. The van der Waals surface area contributed by atoms with Crippen LogP contribution in [0.25, 0.3) is 0 Å². The molecule has 0 bridgehead atoms. The van der Waals surface area contributed by atoms with Gasteiger partial charge in [0.05, 0.1) is 0 Å². The third-order valence-corrected chi connectivity index (χ3v) is 2.88. The fourth-order valence-electron chi connectivity index (χ4n) is 1.36. The molecule has 0 fully saturated rings. The zero-order chi connectivity index (χ0) is 13.0. The molecule has 0 saturated heterocycles. The van der Waals surface area contributed by atoms with Gasteiger partial charge in [0.25, 0.3) is 0 Å². The van der Waals surface area contributed by atoms with Gasteiger partial charge < -0.3 is 10.5 Å². The SMILES string of the molecule is N=C(N)c1ccc(OCc2ccc(Br)cc2)nc1. The van der Waals surface area contributed by atoms with E-state index in [1.165, 1.54) is 6.20 Å². The predicted molar refractivity (Wildman–Crippen MR) is 73.7 cm³/mol. The third-order valence-electron chi connectivity index (χ3n) is 2.35. The van der Waals surface area contributed by atoms with Gasteiger partial charge in [0.1, 0.15) is 12.4 Å². The van der Waals surface area contributed by atoms with Gasteiger partial charge in [-0.3, -0.25) is 5.41 Å². The molecule has 1 aromatic carbocycles. The van der Waals surface area contributed by atoms with Crippen LogP contribution in [0.1, 0.15) is 11.1 Å². The second kappa shape index (κ2) is 5.64. The van der Waals surface area contributed by atoms with Crippen LogP contribution in [-0.2, 0) is 6.61 Å². The summed E-state index contributed by atoms with van der Waals surface area (Å²) in [4.78, 5) is 4.08. The van der Waals surface area contributed by atoms with Crippen LogP contribution < -0.4 is 10.5 Å². The van der Waals surface area contributed by atoms with E-state index in [4.69, 9.17) is 15.9 Å². The van der Waals surface area contributed by atoms with Crippen molar-refractivity contribution in [3.05, 3.63) is 58.2 Å². The zero-order valence-corrected chi connectivity index (χ0v) is 11.1. The molecule has 0 aliphatic carbocycles. The van der Waals surface area contributed by atoms with E-state index in [0.29, 0.717) is 18.1 Å². The fraction of sp³-hybridized carbons (Fsp3) is 0.0769. The molecule has 4 nitrogen and oxygen atoms in total. The van der Waals surface area contributed by atoms with E-state index >= 15 is 0 Å². The Hall–Kier alpha value is -1.88. The van der Waals surface area contributed by atoms with E-state index in [1.807, 2.05) is 24.3 Å². The topological polar surface area (TPSA) is 72.0 Å². The van der Waals surface area contributed by atoms with Crippen molar-refractivity contribution in [3.8, 4) is 5.88 Å². The molecular weight excluding hydrogens is 294 g/mol. The molecular formula is C13H12BrN3O. The van der Waals surface area contributed by atoms with Crippen LogP contribution in [0, 0.1) is 5.41 Å². The number of amidine groups is 1. The molecule has 0 spiro atoms. The lowest BCUT2D eigenvalue weighted by molar-refractivity contribution is 0.294. The summed E-state index contributed by atoms with van der Waals surface area (Å²) in [5, 5.41) is 7.25. The van der Waals surface area contributed by atoms with Crippen molar-refractivity contribution in [2.45, 2.75) is 6.61 Å². The highest BCUT2D eigenvalue weighted by molar-refractivity contribution is 9.10. The van der Waals surface area contributed by atoms with Crippen LogP contribution in [0.4, 0.5) is 0 Å². The van der Waals surface area contributed by atoms with Crippen molar-refractivity contribution in [2.24, 2.45) is 5.73 Å². The summed E-state index contributed by atoms with van der Waals surface area (Å²) in [6, 6.07) is 11.3. The number of nitrogens with two attached hydrogens (primary N) is 1. The van der Waals surface area contributed by atoms with Crippen LogP contribution in [0.15, 0.2) is 47.1 Å². The first-order chi connectivity index (χ1) is 8.65. The van der Waals surface area contributed by atoms with Crippen LogP contribution in [0.5, 0.6) is 5.88 Å². The van der Waals surface area contributed by atoms with Gasteiger partial charge in [-0.25, -0.2) is 4.98 Å². The Kier molecular flexibility index (Phi) is 3.94. The second-order valence-corrected chi connectivity index (χ2v) is 4.63. The third kappa shape index (κ3) is 3.30. The summed E-state index contributed by atoms with van der Waals surface area (Å²) in [7, 11) is 0. The first-order valence-corrected chi connectivity index (χ1v) is 6.12. The molecule has 0 radical (unpaired) electrons. The predicted octanol–water partition coefficient (Wildman–Crippen LogP) is 2.71. The highest BCUT2D eigenvalue weighted by atomic mass is 79.9. The lowest BCUT2D eigenvalue weighted by Gasteiger charge is -2.06. The van der Waals surface area contributed by atoms with Gasteiger partial charge in [0.2, 0.25) is 5.88 Å². The van der Waals surface area contributed by atoms with Gasteiger partial charge >= 0.3 is 0 Å². The first kappa shape index (κ1) is 12.6. The smallest absolute Gasteiger partial charge is 0.213 e. The molecule has 0 unspecified atom stereocenters. The van der Waals surface area contributed by atoms with E-state index in [9.17, 15) is 0 Å². The Morgan fingerprint density at radius 1 is 1.22 bits per heavy atom. The average molecular weight is 306 g/mol. The van der Waals surface area contributed by atoms with Crippen molar-refractivity contribution in [3.63, 3.8) is 0 Å². The van der Waals surface area contributed by atoms with Gasteiger partial charge in [0.15, 0.2) is 0 Å². The van der Waals surface area contributed by atoms with E-state index in [1.54, 1.807) is 12.1 Å². The lowest BCUT2D eigenvalue weighted by Crippen LogP contribution is -2.11. The molecule has 0 aliphatic rings. The standard InChI is InChI=1S/C13H12BrN3O/c14-11-4-1-9(2-5-11)8-18-12-6-3-10(7-17-12)13(15)16/h1-7H,8H2,(H3,15,16). The number of hydrogen-bond acceptors (Lipinski definition) is 3. The molecule has 92 valence electrons. The van der Waals surface area contributed by atoms with Crippen molar-refractivity contribution in [1.82, 2.24) is 4.98 Å². The monoisotopic (exact) mass is 305 g/mol.